The van der Waals surface area contributed by atoms with Crippen molar-refractivity contribution >= 4 is 11.7 Å². The molecule has 1 aliphatic heterocycles. The molecule has 7 nitrogen and oxygen atoms in total. The normalized spacial score (nSPS) is 13.4. The van der Waals surface area contributed by atoms with Crippen LogP contribution in [0.25, 0.3) is 22.4 Å². The van der Waals surface area contributed by atoms with E-state index in [2.05, 4.69) is 15.1 Å². The van der Waals surface area contributed by atoms with E-state index in [9.17, 15) is 4.79 Å². The molecule has 5 rings (SSSR count). The Balaban J connectivity index is 1.16. The molecule has 0 saturated carbocycles. The zero-order chi connectivity index (χ0) is 24.7. The van der Waals surface area contributed by atoms with Crippen LogP contribution in [0.2, 0.25) is 0 Å². The number of methoxy groups -OCH3 is 1. The van der Waals surface area contributed by atoms with Crippen LogP contribution in [0.4, 0.5) is 5.82 Å². The van der Waals surface area contributed by atoms with Gasteiger partial charge in [-0.15, -0.1) is 10.2 Å². The first-order valence-corrected chi connectivity index (χ1v) is 12.0. The Morgan fingerprint density at radius 1 is 0.806 bits per heavy atom. The van der Waals surface area contributed by atoms with Crippen LogP contribution in [0.3, 0.4) is 0 Å². The van der Waals surface area contributed by atoms with E-state index in [1.165, 1.54) is 0 Å². The molecule has 1 aromatic heterocycles. The molecular weight excluding hydrogens is 452 g/mol. The maximum Gasteiger partial charge on any atom is 0.260 e. The first kappa shape index (κ1) is 23.4. The lowest BCUT2D eigenvalue weighted by atomic mass is 10.1. The van der Waals surface area contributed by atoms with E-state index in [4.69, 9.17) is 9.47 Å². The van der Waals surface area contributed by atoms with Gasteiger partial charge in [0.15, 0.2) is 12.4 Å². The largest absolute Gasteiger partial charge is 0.497 e. The predicted molar refractivity (Wildman–Crippen MR) is 140 cm³/mol. The van der Waals surface area contributed by atoms with Crippen molar-refractivity contribution in [2.24, 2.45) is 0 Å². The van der Waals surface area contributed by atoms with Crippen LogP contribution in [0, 0.1) is 0 Å². The minimum Gasteiger partial charge on any atom is -0.497 e. The van der Waals surface area contributed by atoms with Crippen LogP contribution in [0.1, 0.15) is 0 Å². The number of piperazine rings is 1. The van der Waals surface area contributed by atoms with Gasteiger partial charge >= 0.3 is 0 Å². The number of aromatic nitrogens is 2. The summed E-state index contributed by atoms with van der Waals surface area (Å²) in [5.74, 6) is 2.28. The number of carbonyl (C=O) groups is 1. The number of nitrogens with zero attached hydrogens (tertiary/aromatic N) is 4. The number of para-hydroxylation sites is 1. The third-order valence-corrected chi connectivity index (χ3v) is 6.30. The van der Waals surface area contributed by atoms with E-state index in [1.807, 2.05) is 95.9 Å². The second kappa shape index (κ2) is 10.9. The maximum absolute atomic E-state index is 12.9. The lowest BCUT2D eigenvalue weighted by molar-refractivity contribution is -0.133. The summed E-state index contributed by atoms with van der Waals surface area (Å²) in [7, 11) is 1.65. The predicted octanol–water partition coefficient (Wildman–Crippen LogP) is 4.55. The number of carbonyl (C=O) groups excluding carboxylic acids is 1. The van der Waals surface area contributed by atoms with Gasteiger partial charge in [0.2, 0.25) is 0 Å². The number of hydrogen-bond donors (Lipinski definition) is 0. The van der Waals surface area contributed by atoms with Crippen molar-refractivity contribution in [3.05, 3.63) is 91.0 Å². The molecule has 182 valence electrons. The summed E-state index contributed by atoms with van der Waals surface area (Å²) < 4.78 is 11.2. The van der Waals surface area contributed by atoms with Crippen molar-refractivity contribution in [2.75, 3.05) is 44.8 Å². The summed E-state index contributed by atoms with van der Waals surface area (Å²) >= 11 is 0. The maximum atomic E-state index is 12.9. The van der Waals surface area contributed by atoms with Crippen LogP contribution >= 0.6 is 0 Å². The molecule has 0 N–H and O–H groups in total. The van der Waals surface area contributed by atoms with Gasteiger partial charge in [0.1, 0.15) is 11.5 Å². The molecule has 0 spiro atoms. The van der Waals surface area contributed by atoms with Gasteiger partial charge in [-0.2, -0.15) is 0 Å². The molecule has 0 atom stereocenters. The van der Waals surface area contributed by atoms with Gasteiger partial charge in [-0.05, 0) is 35.9 Å². The van der Waals surface area contributed by atoms with Crippen molar-refractivity contribution in [3.8, 4) is 33.9 Å². The average molecular weight is 481 g/mol. The minimum atomic E-state index is -0.0167. The standard InChI is InChI=1S/C29H28N4O3/c1-35-24-11-7-10-23(20-24)26-14-15-28(31-30-26)32-16-18-33(19-17-32)29(34)21-36-27-13-6-5-12-25(27)22-8-3-2-4-9-22/h2-15,20H,16-19,21H2,1H3. The van der Waals surface area contributed by atoms with Gasteiger partial charge in [-0.25, -0.2) is 0 Å². The lowest BCUT2D eigenvalue weighted by Gasteiger charge is -2.35. The van der Waals surface area contributed by atoms with Gasteiger partial charge in [0.25, 0.3) is 5.91 Å². The zero-order valence-corrected chi connectivity index (χ0v) is 20.2. The summed E-state index contributed by atoms with van der Waals surface area (Å²) in [6.07, 6.45) is 0. The van der Waals surface area contributed by atoms with Crippen molar-refractivity contribution in [1.82, 2.24) is 15.1 Å². The summed E-state index contributed by atoms with van der Waals surface area (Å²) in [4.78, 5) is 16.9. The molecule has 1 amide bonds. The van der Waals surface area contributed by atoms with E-state index in [0.717, 1.165) is 34.0 Å². The number of rotatable bonds is 7. The van der Waals surface area contributed by atoms with Crippen molar-refractivity contribution in [1.29, 1.82) is 0 Å². The van der Waals surface area contributed by atoms with Gasteiger partial charge < -0.3 is 19.3 Å². The Morgan fingerprint density at radius 2 is 1.56 bits per heavy atom. The summed E-state index contributed by atoms with van der Waals surface area (Å²) in [6, 6.07) is 29.6. The SMILES string of the molecule is COc1cccc(-c2ccc(N3CCN(C(=O)COc4ccccc4-c4ccccc4)CC3)nn2)c1. The van der Waals surface area contributed by atoms with E-state index in [0.29, 0.717) is 31.9 Å². The van der Waals surface area contributed by atoms with Crippen LogP contribution in [-0.2, 0) is 4.79 Å². The summed E-state index contributed by atoms with van der Waals surface area (Å²) in [5.41, 5.74) is 3.79. The number of benzene rings is 3. The van der Waals surface area contributed by atoms with Gasteiger partial charge in [-0.3, -0.25) is 4.79 Å². The van der Waals surface area contributed by atoms with Gasteiger partial charge in [0.05, 0.1) is 12.8 Å². The molecule has 1 aliphatic rings. The molecule has 4 aromatic rings. The summed E-state index contributed by atoms with van der Waals surface area (Å²) in [6.45, 7) is 2.63. The molecule has 0 unspecified atom stereocenters. The van der Waals surface area contributed by atoms with E-state index < -0.39 is 0 Å². The van der Waals surface area contributed by atoms with E-state index >= 15 is 0 Å². The molecule has 7 heteroatoms. The Bertz CT molecular complexity index is 1300. The second-order valence-corrected chi connectivity index (χ2v) is 8.53. The van der Waals surface area contributed by atoms with Crippen molar-refractivity contribution in [2.45, 2.75) is 0 Å². The van der Waals surface area contributed by atoms with E-state index in [-0.39, 0.29) is 12.5 Å². The number of hydrogen-bond acceptors (Lipinski definition) is 6. The molecule has 36 heavy (non-hydrogen) atoms. The average Bonchev–Trinajstić information content (AvgIpc) is 2.97. The van der Waals surface area contributed by atoms with Crippen LogP contribution < -0.4 is 14.4 Å². The molecule has 0 radical (unpaired) electrons. The Morgan fingerprint density at radius 3 is 2.31 bits per heavy atom. The minimum absolute atomic E-state index is 0.0128. The highest BCUT2D eigenvalue weighted by molar-refractivity contribution is 5.79. The number of anilines is 1. The fourth-order valence-electron chi connectivity index (χ4n) is 4.29. The quantitative estimate of drug-likeness (QED) is 0.387. The first-order chi connectivity index (χ1) is 17.7. The van der Waals surface area contributed by atoms with Gasteiger partial charge in [0, 0.05) is 37.3 Å². The smallest absolute Gasteiger partial charge is 0.260 e. The topological polar surface area (TPSA) is 67.8 Å². The monoisotopic (exact) mass is 480 g/mol. The molecule has 1 saturated heterocycles. The third kappa shape index (κ3) is 5.30. The molecular formula is C29H28N4O3. The number of amides is 1. The molecule has 0 aliphatic carbocycles. The van der Waals surface area contributed by atoms with E-state index in [1.54, 1.807) is 7.11 Å². The lowest BCUT2D eigenvalue weighted by Crippen LogP contribution is -2.50. The van der Waals surface area contributed by atoms with Crippen molar-refractivity contribution < 1.29 is 14.3 Å². The Hall–Kier alpha value is -4.39. The first-order valence-electron chi connectivity index (χ1n) is 12.0. The zero-order valence-electron chi connectivity index (χ0n) is 20.2. The molecule has 1 fully saturated rings. The Kier molecular flexibility index (Phi) is 7.07. The number of ether oxygens (including phenoxy) is 2. The van der Waals surface area contributed by atoms with Crippen LogP contribution in [0.5, 0.6) is 11.5 Å². The molecule has 0 bridgehead atoms. The van der Waals surface area contributed by atoms with Crippen LogP contribution in [0.15, 0.2) is 91.0 Å². The second-order valence-electron chi connectivity index (χ2n) is 8.53. The summed E-state index contributed by atoms with van der Waals surface area (Å²) in [5, 5.41) is 8.83. The highest BCUT2D eigenvalue weighted by Gasteiger charge is 2.23. The Labute approximate surface area is 210 Å². The van der Waals surface area contributed by atoms with Crippen molar-refractivity contribution in [3.63, 3.8) is 0 Å². The fraction of sp³-hybridized carbons (Fsp3) is 0.207. The van der Waals surface area contributed by atoms with Crippen LogP contribution in [-0.4, -0.2) is 60.9 Å². The highest BCUT2D eigenvalue weighted by atomic mass is 16.5. The molecule has 3 aromatic carbocycles. The fourth-order valence-corrected chi connectivity index (χ4v) is 4.29. The highest BCUT2D eigenvalue weighted by Crippen LogP contribution is 2.29. The third-order valence-electron chi connectivity index (χ3n) is 6.30. The molecule has 2 heterocycles. The van der Waals surface area contributed by atoms with Gasteiger partial charge in [-0.1, -0.05) is 60.7 Å².